The molecule has 121 heavy (non-hydrogen) atoms. The highest BCUT2D eigenvalue weighted by Crippen LogP contribution is 2.49. The molecule has 5 saturated carbocycles. The molecule has 0 radical (unpaired) electrons. The molecule has 5 aromatic heterocycles. The van der Waals surface area contributed by atoms with Crippen LogP contribution in [0, 0.1) is 6.92 Å². The van der Waals surface area contributed by atoms with Crippen molar-refractivity contribution in [2.24, 2.45) is 0 Å². The topological polar surface area (TPSA) is 285 Å². The number of aromatic nitrogens is 15. The zero-order valence-electron chi connectivity index (χ0n) is 65.9. The van der Waals surface area contributed by atoms with Crippen LogP contribution in [0.4, 0.5) is 0 Å². The number of aryl methyl sites for hydroxylation is 1. The summed E-state index contributed by atoms with van der Waals surface area (Å²) in [5.74, 6) is 0.790. The van der Waals surface area contributed by atoms with Crippen LogP contribution in [0.25, 0.3) is 82.3 Å². The van der Waals surface area contributed by atoms with Gasteiger partial charge in [0.15, 0.2) is 31.9 Å². The van der Waals surface area contributed by atoms with Crippen molar-refractivity contribution < 1.29 is 47.7 Å². The Morgan fingerprint density at radius 1 is 0.306 bits per heavy atom. The third-order valence-corrected chi connectivity index (χ3v) is 26.8. The minimum atomic E-state index is -1.12. The van der Waals surface area contributed by atoms with Crippen LogP contribution < -0.4 is 0 Å². The summed E-state index contributed by atoms with van der Waals surface area (Å²) < 4.78 is 37.5. The number of ether oxygens (including phenoxy) is 5. The molecule has 1 unspecified atom stereocenters. The van der Waals surface area contributed by atoms with Crippen molar-refractivity contribution in [1.29, 1.82) is 0 Å². The molecule has 5 heterocycles. The maximum absolute atomic E-state index is 13.6. The molecule has 5 aliphatic carbocycles. The largest absolute Gasteiger partial charge is 0.461 e. The molecular weight excluding hydrogens is 1620 g/mol. The SMILES string of the molecule is Cc1nnc(SCC(=O)OCC(COC(=O)CSc2nncn2-c2ccc(C3CC3)c3ccccc23)OC(=O)CSc2nncn2-c2ccc(C3CC3)c3ccccc23)n1-c1ccc(C2CC2)c2ccccc12.O=C(CSc1nncn1-c1ccc(C2CC2)c2ccccc12)OCCOC(=O)CSc1nncn1-c1ccc(C2CC2)c2ccccc12. The van der Waals surface area contributed by atoms with Gasteiger partial charge in [0.2, 0.25) is 0 Å². The van der Waals surface area contributed by atoms with Crippen molar-refractivity contribution in [2.45, 2.75) is 133 Å². The minimum absolute atomic E-state index is 0.0364. The molecule has 30 heteroatoms. The first-order valence-corrected chi connectivity index (χ1v) is 45.5. The van der Waals surface area contributed by atoms with Gasteiger partial charge in [-0.15, -0.1) is 51.0 Å². The van der Waals surface area contributed by atoms with Crippen LogP contribution >= 0.6 is 58.8 Å². The lowest BCUT2D eigenvalue weighted by Gasteiger charge is -2.18. The lowest BCUT2D eigenvalue weighted by atomic mass is 9.99. The van der Waals surface area contributed by atoms with E-state index in [1.54, 1.807) is 25.3 Å². The van der Waals surface area contributed by atoms with Gasteiger partial charge in [-0.2, -0.15) is 0 Å². The summed E-state index contributed by atoms with van der Waals surface area (Å²) in [6, 6.07) is 63.0. The summed E-state index contributed by atoms with van der Waals surface area (Å²) in [6.45, 7) is 1.09. The van der Waals surface area contributed by atoms with E-state index < -0.39 is 36.0 Å². The highest BCUT2D eigenvalue weighted by Gasteiger charge is 2.33. The van der Waals surface area contributed by atoms with Crippen molar-refractivity contribution >= 4 is 143 Å². The number of hydrogen-bond acceptors (Lipinski definition) is 25. The molecule has 0 N–H and O–H groups in total. The minimum Gasteiger partial charge on any atom is -0.461 e. The Morgan fingerprint density at radius 3 is 0.860 bits per heavy atom. The molecule has 1 atom stereocenters. The van der Waals surface area contributed by atoms with Gasteiger partial charge >= 0.3 is 29.8 Å². The normalized spacial score (nSPS) is 14.8. The molecule has 0 spiro atoms. The molecular formula is C91H81N15O10S5. The fourth-order valence-corrected chi connectivity index (χ4v) is 19.4. The Morgan fingerprint density at radius 2 is 0.562 bits per heavy atom. The number of fused-ring (bicyclic) bond motifs is 5. The summed E-state index contributed by atoms with van der Waals surface area (Å²) >= 11 is 6.05. The Hall–Kier alpha value is -11.7. The molecule has 0 bridgehead atoms. The molecule has 10 aromatic carbocycles. The van der Waals surface area contributed by atoms with E-state index in [4.69, 9.17) is 23.7 Å². The Balaban J connectivity index is 0.000000174. The number of hydrogen-bond donors (Lipinski definition) is 0. The Bertz CT molecular complexity index is 6290. The summed E-state index contributed by atoms with van der Waals surface area (Å²) in [6.07, 6.45) is 17.5. The van der Waals surface area contributed by atoms with E-state index in [0.717, 1.165) is 55.4 Å². The number of benzene rings is 10. The second-order valence-electron chi connectivity index (χ2n) is 30.6. The standard InChI is InChI=1S/C55H49N9O6S3.C36H32N6O4S2/c1-33-58-61-55(64(33)49-25-22-40(36-18-19-36)43-10-4-7-13-46(43)49)73-29-51(66)69-27-37(70-52(67)30-72-54-60-57-32-63(54)48-24-21-39(35-16-17-35)42-9-3-6-12-45(42)48)26-68-50(65)28-71-53-59-56-31-62(53)47-23-20-38(34-14-15-34)41-8-2-5-11-44(41)47;43-33(19-47-35-39-37-21-41(35)31-15-13-25(23-9-10-23)27-5-1-3-7-29(27)31)45-17-18-46-34(44)20-48-36-40-38-22-42(36)32-16-14-26(24-11-12-24)28-6-2-4-8-30(28)32/h2-13,20-25,31-32,34-37H,14-19,26-30H2,1H3;1-8,13-16,21-24H,9-12,17-20H2. The first-order chi connectivity index (χ1) is 59.5. The highest BCUT2D eigenvalue weighted by molar-refractivity contribution is 8.00. The van der Waals surface area contributed by atoms with Crippen LogP contribution in [0.1, 0.15) is 127 Å². The van der Waals surface area contributed by atoms with Gasteiger partial charge in [0.05, 0.1) is 57.2 Å². The van der Waals surface area contributed by atoms with Crippen molar-refractivity contribution in [3.8, 4) is 28.4 Å². The predicted octanol–water partition coefficient (Wildman–Crippen LogP) is 17.4. The van der Waals surface area contributed by atoms with Crippen LogP contribution in [-0.4, -0.2) is 165 Å². The fraction of sp³-hybridized carbons (Fsp3) is 0.286. The van der Waals surface area contributed by atoms with E-state index in [9.17, 15) is 24.0 Å². The number of esters is 5. The maximum atomic E-state index is 13.6. The number of nitrogens with zero attached hydrogens (tertiary/aromatic N) is 15. The van der Waals surface area contributed by atoms with Crippen LogP contribution in [0.15, 0.2) is 233 Å². The number of carbonyl (C=O) groups excluding carboxylic acids is 5. The number of carbonyl (C=O) groups is 5. The van der Waals surface area contributed by atoms with Crippen molar-refractivity contribution in [2.75, 3.05) is 55.2 Å². The lowest BCUT2D eigenvalue weighted by molar-refractivity contribution is -0.163. The average molecular weight is 1710 g/mol. The molecule has 20 rings (SSSR count). The van der Waals surface area contributed by atoms with Crippen LogP contribution in [0.2, 0.25) is 0 Å². The zero-order chi connectivity index (χ0) is 81.9. The number of thioether (sulfide) groups is 5. The van der Waals surface area contributed by atoms with Crippen LogP contribution in [0.5, 0.6) is 0 Å². The quantitative estimate of drug-likeness (QED) is 0.0160. The molecule has 5 fully saturated rings. The van der Waals surface area contributed by atoms with E-state index in [2.05, 4.69) is 197 Å². The zero-order valence-corrected chi connectivity index (χ0v) is 69.9. The monoisotopic (exact) mass is 1700 g/mol. The lowest BCUT2D eigenvalue weighted by Crippen LogP contribution is -2.32. The second-order valence-corrected chi connectivity index (χ2v) is 35.3. The highest BCUT2D eigenvalue weighted by atomic mass is 32.2. The number of rotatable bonds is 33. The van der Waals surface area contributed by atoms with Crippen LogP contribution in [-0.2, 0) is 47.7 Å². The Kier molecular flexibility index (Phi) is 23.2. The molecule has 0 amide bonds. The summed E-state index contributed by atoms with van der Waals surface area (Å²) in [4.78, 5) is 65.6. The molecule has 0 saturated heterocycles. The van der Waals surface area contributed by atoms with Gasteiger partial charge in [-0.3, -0.25) is 46.8 Å². The summed E-state index contributed by atoms with van der Waals surface area (Å²) in [7, 11) is 0. The average Bonchev–Trinajstić information content (AvgIpc) is 1.69. The maximum Gasteiger partial charge on any atom is 0.316 e. The third-order valence-electron chi connectivity index (χ3n) is 22.3. The summed E-state index contributed by atoms with van der Waals surface area (Å²) in [5, 5.41) is 56.8. The van der Waals surface area contributed by atoms with E-state index in [0.29, 0.717) is 61.2 Å². The van der Waals surface area contributed by atoms with Gasteiger partial charge in [-0.25, -0.2) is 0 Å². The fourth-order valence-electron chi connectivity index (χ4n) is 15.8. The second kappa shape index (κ2) is 35.5. The van der Waals surface area contributed by atoms with E-state index in [1.807, 2.05) is 66.2 Å². The molecule has 0 aliphatic heterocycles. The van der Waals surface area contributed by atoms with Gasteiger partial charge in [0.25, 0.3) is 0 Å². The van der Waals surface area contributed by atoms with Gasteiger partial charge < -0.3 is 23.7 Å². The van der Waals surface area contributed by atoms with E-state index in [1.165, 1.54) is 178 Å². The Labute approximate surface area is 716 Å². The van der Waals surface area contributed by atoms with Gasteiger partial charge in [0.1, 0.15) is 57.6 Å². The van der Waals surface area contributed by atoms with Crippen LogP contribution in [0.3, 0.4) is 0 Å². The van der Waals surface area contributed by atoms with Gasteiger partial charge in [0, 0.05) is 26.9 Å². The van der Waals surface area contributed by atoms with E-state index >= 15 is 0 Å². The molecule has 15 aromatic rings. The van der Waals surface area contributed by atoms with E-state index in [-0.39, 0.29) is 55.2 Å². The van der Waals surface area contributed by atoms with Crippen molar-refractivity contribution in [3.63, 3.8) is 0 Å². The first-order valence-electron chi connectivity index (χ1n) is 40.6. The third kappa shape index (κ3) is 17.8. The smallest absolute Gasteiger partial charge is 0.316 e. The summed E-state index contributed by atoms with van der Waals surface area (Å²) in [5.41, 5.74) is 11.5. The van der Waals surface area contributed by atoms with Gasteiger partial charge in [-0.1, -0.05) is 210 Å². The molecule has 25 nitrogen and oxygen atoms in total. The molecule has 610 valence electrons. The molecule has 5 aliphatic rings. The van der Waals surface area contributed by atoms with Crippen molar-refractivity contribution in [3.05, 3.63) is 241 Å². The predicted molar refractivity (Wildman–Crippen MR) is 466 cm³/mol. The van der Waals surface area contributed by atoms with Gasteiger partial charge in [-0.05, 0) is 186 Å². The van der Waals surface area contributed by atoms with Crippen molar-refractivity contribution in [1.82, 2.24) is 73.8 Å². The first kappa shape index (κ1) is 79.1.